The SMILES string of the molecule is CCCCCCCC/C=C/CCCCCCCCOC(=O)Nc1cc(NC(=O)OCCN(C)S(=O)(=O)C(F)(F)C(F)(F)C(F)(F)C(F)(F)C(F)(F)C(F)(C(F)(F)F)C(F)(F)F)ccc1C. The Morgan fingerprint density at radius 3 is 1.52 bits per heavy atom. The summed E-state index contributed by atoms with van der Waals surface area (Å²) in [5, 5.41) is -3.38. The number of hydrogen-bond donors (Lipinski definition) is 2. The number of aryl methyl sites for hydroxylation is 1. The molecular weight excluding hydrogens is 949 g/mol. The number of alkyl halides is 17. The van der Waals surface area contributed by atoms with E-state index in [2.05, 4.69) is 29.1 Å². The van der Waals surface area contributed by atoms with Gasteiger partial charge in [0.2, 0.25) is 0 Å². The topological polar surface area (TPSA) is 114 Å². The number of sulfonamides is 1. The van der Waals surface area contributed by atoms with Gasteiger partial charge in [-0.25, -0.2) is 22.4 Å². The van der Waals surface area contributed by atoms with Crippen molar-refractivity contribution in [3.8, 4) is 0 Å². The van der Waals surface area contributed by atoms with Gasteiger partial charge in [0.1, 0.15) is 6.61 Å². The number of allylic oxidation sites excluding steroid dienone is 2. The quantitative estimate of drug-likeness (QED) is 0.0491. The molecule has 0 saturated heterocycles. The normalized spacial score (nSPS) is 14.0. The van der Waals surface area contributed by atoms with Gasteiger partial charge in [-0.15, -0.1) is 0 Å². The smallest absolute Gasteiger partial charge is 0.438 e. The third-order valence-corrected chi connectivity index (χ3v) is 11.7. The zero-order valence-corrected chi connectivity index (χ0v) is 36.0. The summed E-state index contributed by atoms with van der Waals surface area (Å²) < 4.78 is 265. The monoisotopic (exact) mass is 999 g/mol. The average molecular weight is 1000 g/mol. The summed E-state index contributed by atoms with van der Waals surface area (Å²) in [7, 11) is -7.78. The van der Waals surface area contributed by atoms with Gasteiger partial charge in [-0.1, -0.05) is 82.9 Å². The van der Waals surface area contributed by atoms with Gasteiger partial charge < -0.3 is 9.47 Å². The van der Waals surface area contributed by atoms with Crippen molar-refractivity contribution < 1.29 is 102 Å². The first-order chi connectivity index (χ1) is 29.6. The molecule has 0 aromatic heterocycles. The summed E-state index contributed by atoms with van der Waals surface area (Å²) in [6.07, 6.45) is 0.293. The molecule has 0 atom stereocenters. The van der Waals surface area contributed by atoms with E-state index in [0.29, 0.717) is 12.0 Å². The number of nitrogens with zero attached hydrogens (tertiary/aromatic N) is 1. The van der Waals surface area contributed by atoms with Crippen LogP contribution in [-0.4, -0.2) is 98.7 Å². The summed E-state index contributed by atoms with van der Waals surface area (Å²) in [6.45, 7) is 0.522. The van der Waals surface area contributed by atoms with Crippen LogP contribution in [0, 0.1) is 6.92 Å². The summed E-state index contributed by atoms with van der Waals surface area (Å²) in [5.74, 6) is -35.5. The van der Waals surface area contributed by atoms with Crippen molar-refractivity contribution in [3.63, 3.8) is 0 Å². The molecule has 0 radical (unpaired) electrons. The highest BCUT2D eigenvalue weighted by atomic mass is 32.2. The van der Waals surface area contributed by atoms with E-state index >= 15 is 0 Å². The molecule has 0 fully saturated rings. The number of anilines is 2. The van der Waals surface area contributed by atoms with Gasteiger partial charge in [0.25, 0.3) is 10.0 Å². The van der Waals surface area contributed by atoms with Crippen molar-refractivity contribution >= 4 is 33.6 Å². The lowest BCUT2D eigenvalue weighted by molar-refractivity contribution is -0.462. The second-order valence-corrected chi connectivity index (χ2v) is 16.9. The van der Waals surface area contributed by atoms with E-state index in [1.807, 2.05) is 5.32 Å². The van der Waals surface area contributed by atoms with Crippen molar-refractivity contribution in [2.75, 3.05) is 37.4 Å². The number of nitrogens with one attached hydrogen (secondary N) is 2. The summed E-state index contributed by atoms with van der Waals surface area (Å²) >= 11 is 0. The molecule has 1 aromatic carbocycles. The minimum absolute atomic E-state index is 0.0666. The number of likely N-dealkylation sites (N-methyl/N-ethyl adjacent to an activating group) is 1. The molecule has 9 nitrogen and oxygen atoms in total. The molecule has 27 heteroatoms. The first-order valence-corrected chi connectivity index (χ1v) is 21.4. The van der Waals surface area contributed by atoms with Gasteiger partial charge in [-0.2, -0.15) is 74.6 Å². The van der Waals surface area contributed by atoms with Crippen LogP contribution in [0.25, 0.3) is 0 Å². The fourth-order valence-corrected chi connectivity index (χ4v) is 6.86. The van der Waals surface area contributed by atoms with Crippen LogP contribution in [0.4, 0.5) is 95.6 Å². The highest BCUT2D eigenvalue weighted by Gasteiger charge is 2.98. The van der Waals surface area contributed by atoms with E-state index in [-0.39, 0.29) is 25.0 Å². The number of hydrogen-bond acceptors (Lipinski definition) is 6. The highest BCUT2D eigenvalue weighted by Crippen LogP contribution is 2.65. The Kier molecular flexibility index (Phi) is 21.7. The van der Waals surface area contributed by atoms with E-state index in [9.17, 15) is 92.6 Å². The lowest BCUT2D eigenvalue weighted by Crippen LogP contribution is -2.77. The molecule has 0 saturated carbocycles. The third kappa shape index (κ3) is 14.1. The van der Waals surface area contributed by atoms with Crippen molar-refractivity contribution in [2.45, 2.75) is 151 Å². The van der Waals surface area contributed by atoms with Crippen molar-refractivity contribution in [1.29, 1.82) is 0 Å². The van der Waals surface area contributed by atoms with Crippen LogP contribution in [0.1, 0.15) is 102 Å². The Morgan fingerprint density at radius 2 is 1.03 bits per heavy atom. The lowest BCUT2D eigenvalue weighted by atomic mass is 9.86. The van der Waals surface area contributed by atoms with Crippen LogP contribution in [0.15, 0.2) is 30.4 Å². The molecule has 2 amide bonds. The molecular formula is C38H50F17N3O6S. The molecule has 65 heavy (non-hydrogen) atoms. The molecule has 1 rings (SSSR count). The van der Waals surface area contributed by atoms with E-state index in [4.69, 9.17) is 4.74 Å². The van der Waals surface area contributed by atoms with Crippen LogP contribution < -0.4 is 10.6 Å². The maximum atomic E-state index is 14.5. The zero-order chi connectivity index (χ0) is 50.3. The maximum Gasteiger partial charge on any atom is 0.438 e. The first kappa shape index (κ1) is 59.2. The highest BCUT2D eigenvalue weighted by molar-refractivity contribution is 7.90. The summed E-state index contributed by atoms with van der Waals surface area (Å²) in [6, 6.07) is 3.68. The number of carbonyl (C=O) groups excluding carboxylic acids is 2. The minimum atomic E-state index is -9.06. The number of ether oxygens (including phenoxy) is 2. The second-order valence-electron chi connectivity index (χ2n) is 14.8. The van der Waals surface area contributed by atoms with Crippen molar-refractivity contribution in [3.05, 3.63) is 35.9 Å². The van der Waals surface area contributed by atoms with Crippen molar-refractivity contribution in [2.24, 2.45) is 0 Å². The number of unbranched alkanes of at least 4 members (excludes halogenated alkanes) is 12. The summed E-state index contributed by atoms with van der Waals surface area (Å²) in [5.41, 5.74) is -8.48. The zero-order valence-electron chi connectivity index (χ0n) is 35.1. The van der Waals surface area contributed by atoms with Gasteiger partial charge in [-0.3, -0.25) is 10.6 Å². The van der Waals surface area contributed by atoms with Gasteiger partial charge in [0.15, 0.2) is 0 Å². The van der Waals surface area contributed by atoms with Crippen LogP contribution in [0.5, 0.6) is 0 Å². The molecule has 0 unspecified atom stereocenters. The fourth-order valence-electron chi connectivity index (χ4n) is 5.70. The Morgan fingerprint density at radius 1 is 0.600 bits per heavy atom. The molecule has 0 spiro atoms. The van der Waals surface area contributed by atoms with Crippen LogP contribution >= 0.6 is 0 Å². The molecule has 0 aliphatic heterocycles. The molecule has 1 aromatic rings. The standard InChI is InChI=1S/C38H50F17N3O6S/c1-4-5-6-7-8-9-10-11-12-13-14-15-16-17-18-19-23-63-30(60)57-28-25-27(21-20-26(28)2)56-29(59)64-24-22-58(3)65(61,62)38(54,55)35(46,47)34(44,45)33(42,43)32(40,41)31(39,36(48,49)50)37(51,52)53/h11-12,20-21,25H,4-10,13-19,22-24H2,1-3H3,(H,56,59)(H,57,60)/b12-11+. The number of rotatable bonds is 28. The number of carbonyl (C=O) groups is 2. The Bertz CT molecular complexity index is 1800. The Labute approximate surface area is 363 Å². The number of halogens is 17. The lowest BCUT2D eigenvalue weighted by Gasteiger charge is -2.44. The van der Waals surface area contributed by atoms with E-state index in [1.54, 1.807) is 0 Å². The van der Waals surface area contributed by atoms with Gasteiger partial charge >= 0.3 is 59.2 Å². The Balaban J connectivity index is 2.74. The Hall–Kier alpha value is -3.78. The van der Waals surface area contributed by atoms with E-state index in [0.717, 1.165) is 51.0 Å². The van der Waals surface area contributed by atoms with Gasteiger partial charge in [0.05, 0.1) is 6.61 Å². The first-order valence-electron chi connectivity index (χ1n) is 19.9. The van der Waals surface area contributed by atoms with Crippen LogP contribution in [0.3, 0.4) is 0 Å². The van der Waals surface area contributed by atoms with Gasteiger partial charge in [-0.05, 0) is 56.7 Å². The van der Waals surface area contributed by atoms with Crippen LogP contribution in [-0.2, 0) is 19.5 Å². The van der Waals surface area contributed by atoms with E-state index < -0.39 is 86.6 Å². The molecule has 0 bridgehead atoms. The fraction of sp³-hybridized carbons (Fsp3) is 0.737. The predicted octanol–water partition coefficient (Wildman–Crippen LogP) is 13.4. The van der Waals surface area contributed by atoms with E-state index in [1.165, 1.54) is 57.6 Å². The third-order valence-electron chi connectivity index (χ3n) is 9.75. The summed E-state index contributed by atoms with van der Waals surface area (Å²) in [4.78, 5) is 24.6. The molecule has 0 aliphatic rings. The second kappa shape index (κ2) is 23.8. The molecule has 378 valence electrons. The molecule has 0 heterocycles. The predicted molar refractivity (Wildman–Crippen MR) is 203 cm³/mol. The average Bonchev–Trinajstić information content (AvgIpc) is 3.18. The number of benzene rings is 1. The number of amides is 2. The van der Waals surface area contributed by atoms with Crippen molar-refractivity contribution in [1.82, 2.24) is 4.31 Å². The van der Waals surface area contributed by atoms with Crippen LogP contribution in [0.2, 0.25) is 0 Å². The molecule has 0 aliphatic carbocycles. The minimum Gasteiger partial charge on any atom is -0.449 e. The molecule has 2 N–H and O–H groups in total. The largest absolute Gasteiger partial charge is 0.449 e. The maximum absolute atomic E-state index is 14.5. The van der Waals surface area contributed by atoms with Gasteiger partial charge in [0, 0.05) is 25.0 Å².